The molecule has 0 amide bonds. The van der Waals surface area contributed by atoms with Crippen molar-refractivity contribution < 1.29 is 4.74 Å². The lowest BCUT2D eigenvalue weighted by atomic mass is 10.2. The number of benzene rings is 2. The largest absolute Gasteiger partial charge is 0.492 e. The van der Waals surface area contributed by atoms with E-state index in [0.29, 0.717) is 28.3 Å². The molecule has 2 N–H and O–H groups in total. The summed E-state index contributed by atoms with van der Waals surface area (Å²) < 4.78 is 7.38. The Morgan fingerprint density at radius 2 is 1.96 bits per heavy atom. The number of thiocarbonyl (C=S) groups is 1. The van der Waals surface area contributed by atoms with Crippen LogP contribution in [0.15, 0.2) is 54.9 Å². The molecule has 0 radical (unpaired) electrons. The quantitative estimate of drug-likeness (QED) is 0.519. The van der Waals surface area contributed by atoms with Crippen molar-refractivity contribution in [1.29, 1.82) is 0 Å². The van der Waals surface area contributed by atoms with Crippen LogP contribution >= 0.6 is 35.4 Å². The molecule has 5 nitrogen and oxygen atoms in total. The first-order valence-corrected chi connectivity index (χ1v) is 9.48. The zero-order valence-electron chi connectivity index (χ0n) is 14.6. The molecule has 140 valence electrons. The number of anilines is 2. The van der Waals surface area contributed by atoms with Gasteiger partial charge < -0.3 is 15.4 Å². The normalized spacial score (nSPS) is 10.5. The number of aromatic nitrogens is 2. The predicted molar refractivity (Wildman–Crippen MR) is 115 cm³/mol. The monoisotopic (exact) mass is 420 g/mol. The van der Waals surface area contributed by atoms with Crippen LogP contribution < -0.4 is 15.4 Å². The van der Waals surface area contributed by atoms with Crippen LogP contribution in [-0.4, -0.2) is 21.5 Å². The van der Waals surface area contributed by atoms with Crippen molar-refractivity contribution in [3.63, 3.8) is 0 Å². The zero-order chi connectivity index (χ0) is 19.2. The summed E-state index contributed by atoms with van der Waals surface area (Å²) in [4.78, 5) is 0. The molecule has 0 aliphatic rings. The first kappa shape index (κ1) is 19.5. The van der Waals surface area contributed by atoms with Gasteiger partial charge in [-0.1, -0.05) is 41.4 Å². The maximum Gasteiger partial charge on any atom is 0.175 e. The van der Waals surface area contributed by atoms with Gasteiger partial charge in [-0.3, -0.25) is 4.68 Å². The molecule has 1 heterocycles. The van der Waals surface area contributed by atoms with Crippen LogP contribution in [-0.2, 0) is 6.54 Å². The maximum absolute atomic E-state index is 6.06. The topological polar surface area (TPSA) is 51.1 Å². The van der Waals surface area contributed by atoms with Gasteiger partial charge in [-0.25, -0.2) is 0 Å². The van der Waals surface area contributed by atoms with E-state index in [1.807, 2.05) is 49.5 Å². The molecule has 0 spiro atoms. The second-order valence-electron chi connectivity index (χ2n) is 5.68. The Bertz CT molecular complexity index is 945. The highest BCUT2D eigenvalue weighted by Crippen LogP contribution is 2.24. The van der Waals surface area contributed by atoms with Gasteiger partial charge >= 0.3 is 0 Å². The first-order valence-electron chi connectivity index (χ1n) is 8.31. The molecule has 3 rings (SSSR count). The van der Waals surface area contributed by atoms with E-state index in [2.05, 4.69) is 15.7 Å². The van der Waals surface area contributed by atoms with Crippen molar-refractivity contribution in [2.75, 3.05) is 17.2 Å². The van der Waals surface area contributed by atoms with Crippen LogP contribution in [0, 0.1) is 0 Å². The molecular formula is C19H18Cl2N4OS. The number of hydrogen-bond acceptors (Lipinski definition) is 3. The molecule has 0 aliphatic heterocycles. The molecule has 8 heteroatoms. The lowest BCUT2D eigenvalue weighted by Gasteiger charge is -2.13. The number of para-hydroxylation sites is 2. The van der Waals surface area contributed by atoms with Gasteiger partial charge in [0.1, 0.15) is 5.75 Å². The minimum atomic E-state index is 0.455. The third kappa shape index (κ3) is 5.35. The molecule has 3 aromatic rings. The van der Waals surface area contributed by atoms with Crippen molar-refractivity contribution in [3.05, 3.63) is 70.5 Å². The molecule has 0 fully saturated rings. The average molecular weight is 421 g/mol. The Hall–Kier alpha value is -2.28. The maximum atomic E-state index is 6.06. The smallest absolute Gasteiger partial charge is 0.175 e. The summed E-state index contributed by atoms with van der Waals surface area (Å²) in [6.45, 7) is 3.10. The molecule has 1 aromatic heterocycles. The number of hydrogen-bond donors (Lipinski definition) is 2. The van der Waals surface area contributed by atoms with Gasteiger partial charge in [0.15, 0.2) is 5.11 Å². The van der Waals surface area contributed by atoms with E-state index in [-0.39, 0.29) is 0 Å². The van der Waals surface area contributed by atoms with Crippen LogP contribution in [0.2, 0.25) is 10.0 Å². The van der Waals surface area contributed by atoms with Crippen LogP contribution in [0.25, 0.3) is 0 Å². The number of nitrogens with one attached hydrogen (secondary N) is 2. The van der Waals surface area contributed by atoms with E-state index in [1.54, 1.807) is 16.9 Å². The van der Waals surface area contributed by atoms with Crippen LogP contribution in [0.4, 0.5) is 11.4 Å². The van der Waals surface area contributed by atoms with Crippen molar-refractivity contribution in [2.24, 2.45) is 0 Å². The fourth-order valence-electron chi connectivity index (χ4n) is 2.48. The SMILES string of the molecule is CCOc1ccccc1NC(=S)Nc1cnn(Cc2ccc(Cl)c(Cl)c2)c1. The Morgan fingerprint density at radius 1 is 1.15 bits per heavy atom. The summed E-state index contributed by atoms with van der Waals surface area (Å²) >= 11 is 17.4. The summed E-state index contributed by atoms with van der Waals surface area (Å²) in [5, 5.41) is 12.1. The molecule has 0 atom stereocenters. The molecular weight excluding hydrogens is 403 g/mol. The highest BCUT2D eigenvalue weighted by Gasteiger charge is 2.07. The minimum Gasteiger partial charge on any atom is -0.492 e. The zero-order valence-corrected chi connectivity index (χ0v) is 16.9. The van der Waals surface area contributed by atoms with Gasteiger partial charge in [0, 0.05) is 6.20 Å². The molecule has 0 bridgehead atoms. The van der Waals surface area contributed by atoms with Gasteiger partial charge in [-0.2, -0.15) is 5.10 Å². The second kappa shape index (κ2) is 9.08. The van der Waals surface area contributed by atoms with Crippen molar-refractivity contribution in [2.45, 2.75) is 13.5 Å². The van der Waals surface area contributed by atoms with Crippen LogP contribution in [0.1, 0.15) is 12.5 Å². The molecule has 27 heavy (non-hydrogen) atoms. The first-order chi connectivity index (χ1) is 13.0. The fraction of sp³-hybridized carbons (Fsp3) is 0.158. The summed E-state index contributed by atoms with van der Waals surface area (Å²) in [6, 6.07) is 13.2. The number of nitrogens with zero attached hydrogens (tertiary/aromatic N) is 2. The lowest BCUT2D eigenvalue weighted by Crippen LogP contribution is -2.19. The van der Waals surface area contributed by atoms with Crippen molar-refractivity contribution >= 4 is 51.9 Å². The Kier molecular flexibility index (Phi) is 6.55. The van der Waals surface area contributed by atoms with Crippen LogP contribution in [0.3, 0.4) is 0 Å². The third-order valence-corrected chi connectivity index (χ3v) is 4.60. The molecule has 0 unspecified atom stereocenters. The van der Waals surface area contributed by atoms with E-state index in [4.69, 9.17) is 40.2 Å². The van der Waals surface area contributed by atoms with E-state index < -0.39 is 0 Å². The lowest BCUT2D eigenvalue weighted by molar-refractivity contribution is 0.342. The molecule has 0 saturated carbocycles. The summed E-state index contributed by atoms with van der Waals surface area (Å²) in [5.74, 6) is 0.750. The van der Waals surface area contributed by atoms with Crippen LogP contribution in [0.5, 0.6) is 5.75 Å². The van der Waals surface area contributed by atoms with Gasteiger partial charge in [0.25, 0.3) is 0 Å². The van der Waals surface area contributed by atoms with E-state index in [0.717, 1.165) is 22.7 Å². The number of rotatable bonds is 6. The third-order valence-electron chi connectivity index (χ3n) is 3.65. The van der Waals surface area contributed by atoms with Gasteiger partial charge in [0.05, 0.1) is 40.8 Å². The van der Waals surface area contributed by atoms with E-state index in [1.165, 1.54) is 0 Å². The summed E-state index contributed by atoms with van der Waals surface area (Å²) in [5.41, 5.74) is 2.59. The highest BCUT2D eigenvalue weighted by molar-refractivity contribution is 7.80. The Labute approximate surface area is 173 Å². The molecule has 0 aliphatic carbocycles. The van der Waals surface area contributed by atoms with Crippen molar-refractivity contribution in [1.82, 2.24) is 9.78 Å². The number of ether oxygens (including phenoxy) is 1. The van der Waals surface area contributed by atoms with Gasteiger partial charge in [-0.15, -0.1) is 0 Å². The van der Waals surface area contributed by atoms with Gasteiger partial charge in [0.2, 0.25) is 0 Å². The minimum absolute atomic E-state index is 0.455. The average Bonchev–Trinajstić information content (AvgIpc) is 3.07. The van der Waals surface area contributed by atoms with E-state index in [9.17, 15) is 0 Å². The fourth-order valence-corrected chi connectivity index (χ4v) is 3.02. The van der Waals surface area contributed by atoms with Gasteiger partial charge in [-0.05, 0) is 49.0 Å². The van der Waals surface area contributed by atoms with Crippen molar-refractivity contribution in [3.8, 4) is 5.75 Å². The Morgan fingerprint density at radius 3 is 2.74 bits per heavy atom. The molecule has 2 aromatic carbocycles. The molecule has 0 saturated heterocycles. The predicted octanol–water partition coefficient (Wildman–Crippen LogP) is 5.45. The van der Waals surface area contributed by atoms with E-state index >= 15 is 0 Å². The number of halogens is 2. The Balaban J connectivity index is 1.62. The summed E-state index contributed by atoms with van der Waals surface area (Å²) in [6.07, 6.45) is 3.57. The highest BCUT2D eigenvalue weighted by atomic mass is 35.5. The summed E-state index contributed by atoms with van der Waals surface area (Å²) in [7, 11) is 0. The standard InChI is InChI=1S/C19H18Cl2N4OS/c1-2-26-18-6-4-3-5-17(18)24-19(27)23-14-10-22-25(12-14)11-13-7-8-15(20)16(21)9-13/h3-10,12H,2,11H2,1H3,(H2,23,24,27). The second-order valence-corrected chi connectivity index (χ2v) is 6.91.